The first kappa shape index (κ1) is 18.4. The number of primary amides is 1. The van der Waals surface area contributed by atoms with Crippen molar-refractivity contribution in [2.24, 2.45) is 17.1 Å². The predicted octanol–water partition coefficient (Wildman–Crippen LogP) is 3.51. The van der Waals surface area contributed by atoms with Crippen LogP contribution >= 0.6 is 11.3 Å². The Kier molecular flexibility index (Phi) is 5.21. The van der Waals surface area contributed by atoms with Crippen molar-refractivity contribution in [1.29, 1.82) is 0 Å². The Bertz CT molecular complexity index is 674. The van der Waals surface area contributed by atoms with Crippen molar-refractivity contribution in [2.75, 3.05) is 11.9 Å². The van der Waals surface area contributed by atoms with E-state index < -0.39 is 12.0 Å². The Morgan fingerprint density at radius 2 is 2.12 bits per heavy atom. The quantitative estimate of drug-likeness (QED) is 0.839. The largest absolute Gasteiger partial charge is 0.368 e. The smallest absolute Gasteiger partial charge is 0.254 e. The number of thiophene rings is 1. The molecule has 0 unspecified atom stereocenters. The highest BCUT2D eigenvalue weighted by Gasteiger charge is 2.35. The highest BCUT2D eigenvalue weighted by atomic mass is 32.1. The van der Waals surface area contributed by atoms with Crippen molar-refractivity contribution in [3.63, 3.8) is 0 Å². The second kappa shape index (κ2) is 7.08. The summed E-state index contributed by atoms with van der Waals surface area (Å²) >= 11 is 1.52. The second-order valence-corrected chi connectivity index (χ2v) is 8.95. The summed E-state index contributed by atoms with van der Waals surface area (Å²) in [4.78, 5) is 25.6. The molecule has 1 aromatic heterocycles. The second-order valence-electron chi connectivity index (χ2n) is 7.84. The van der Waals surface area contributed by atoms with Crippen LogP contribution in [0.5, 0.6) is 0 Å². The van der Waals surface area contributed by atoms with E-state index in [0.717, 1.165) is 44.1 Å². The normalized spacial score (nSPS) is 23.3. The lowest BCUT2D eigenvalue weighted by Crippen LogP contribution is -2.29. The van der Waals surface area contributed by atoms with Gasteiger partial charge in [-0.3, -0.25) is 9.59 Å². The molecule has 1 aliphatic carbocycles. The fourth-order valence-corrected chi connectivity index (χ4v) is 5.20. The molecule has 3 rings (SSSR count). The molecular formula is C19H28N2O3S. The summed E-state index contributed by atoms with van der Waals surface area (Å²) in [7, 11) is 0. The zero-order valence-corrected chi connectivity index (χ0v) is 16.1. The standard InChI is InChI=1S/C19H28N2O3S/c1-4-19(2,3)11-7-8-12-14(10-11)25-18(15(12)16(20)22)21-17(23)13-6-5-9-24-13/h11,13H,4-10H2,1-3H3,(H2,20,22)(H,21,23)/t11-,13-/m1/s1. The number of carbonyl (C=O) groups excluding carboxylic acids is 2. The van der Waals surface area contributed by atoms with E-state index in [1.807, 2.05) is 0 Å². The van der Waals surface area contributed by atoms with E-state index in [-0.39, 0.29) is 11.3 Å². The number of anilines is 1. The zero-order valence-electron chi connectivity index (χ0n) is 15.3. The van der Waals surface area contributed by atoms with E-state index in [1.165, 1.54) is 16.2 Å². The van der Waals surface area contributed by atoms with Crippen LogP contribution in [0.25, 0.3) is 0 Å². The molecule has 5 nitrogen and oxygen atoms in total. The third kappa shape index (κ3) is 3.60. The molecule has 0 aromatic carbocycles. The van der Waals surface area contributed by atoms with Crippen LogP contribution in [-0.2, 0) is 22.4 Å². The van der Waals surface area contributed by atoms with E-state index in [1.54, 1.807) is 0 Å². The maximum atomic E-state index is 12.4. The molecule has 0 bridgehead atoms. The molecular weight excluding hydrogens is 336 g/mol. The minimum absolute atomic E-state index is 0.163. The molecule has 1 saturated heterocycles. The van der Waals surface area contributed by atoms with Crippen molar-refractivity contribution in [3.05, 3.63) is 16.0 Å². The Labute approximate surface area is 153 Å². The predicted molar refractivity (Wildman–Crippen MR) is 100 cm³/mol. The number of fused-ring (bicyclic) bond motifs is 1. The average molecular weight is 365 g/mol. The van der Waals surface area contributed by atoms with Gasteiger partial charge in [-0.05, 0) is 49.0 Å². The molecule has 25 heavy (non-hydrogen) atoms. The highest BCUT2D eigenvalue weighted by Crippen LogP contribution is 2.45. The minimum atomic E-state index is -0.451. The number of nitrogens with two attached hydrogens (primary N) is 1. The first-order valence-electron chi connectivity index (χ1n) is 9.20. The minimum Gasteiger partial charge on any atom is -0.368 e. The van der Waals surface area contributed by atoms with Gasteiger partial charge in [-0.1, -0.05) is 27.2 Å². The van der Waals surface area contributed by atoms with Gasteiger partial charge in [0.25, 0.3) is 11.8 Å². The van der Waals surface area contributed by atoms with Crippen LogP contribution in [0.15, 0.2) is 0 Å². The molecule has 2 heterocycles. The Balaban J connectivity index is 1.85. The number of hydrogen-bond donors (Lipinski definition) is 2. The molecule has 0 saturated carbocycles. The molecule has 2 atom stereocenters. The molecule has 6 heteroatoms. The van der Waals surface area contributed by atoms with Crippen molar-refractivity contribution >= 4 is 28.2 Å². The third-order valence-corrected chi connectivity index (χ3v) is 7.16. The van der Waals surface area contributed by atoms with Crippen molar-refractivity contribution in [3.8, 4) is 0 Å². The maximum Gasteiger partial charge on any atom is 0.254 e. The van der Waals surface area contributed by atoms with Crippen LogP contribution in [0.2, 0.25) is 0 Å². The number of hydrogen-bond acceptors (Lipinski definition) is 4. The Morgan fingerprint density at radius 3 is 2.72 bits per heavy atom. The molecule has 0 radical (unpaired) electrons. The number of amides is 2. The number of rotatable bonds is 5. The van der Waals surface area contributed by atoms with E-state index in [0.29, 0.717) is 23.1 Å². The van der Waals surface area contributed by atoms with E-state index in [2.05, 4.69) is 26.1 Å². The zero-order chi connectivity index (χ0) is 18.2. The van der Waals surface area contributed by atoms with Gasteiger partial charge >= 0.3 is 0 Å². The lowest BCUT2D eigenvalue weighted by molar-refractivity contribution is -0.124. The Hall–Kier alpha value is -1.40. The van der Waals surface area contributed by atoms with Crippen LogP contribution in [0.4, 0.5) is 5.00 Å². The average Bonchev–Trinajstić information content (AvgIpc) is 3.21. The molecule has 1 aromatic rings. The molecule has 3 N–H and O–H groups in total. The van der Waals surface area contributed by atoms with Crippen molar-refractivity contribution in [1.82, 2.24) is 0 Å². The fourth-order valence-electron chi connectivity index (χ4n) is 3.87. The van der Waals surface area contributed by atoms with Gasteiger partial charge in [0.2, 0.25) is 0 Å². The molecule has 2 amide bonds. The summed E-state index contributed by atoms with van der Waals surface area (Å²) in [5.74, 6) is -0.0246. The van der Waals surface area contributed by atoms with Crippen LogP contribution in [0, 0.1) is 11.3 Å². The van der Waals surface area contributed by atoms with Crippen molar-refractivity contribution < 1.29 is 14.3 Å². The van der Waals surface area contributed by atoms with Crippen molar-refractivity contribution in [2.45, 2.75) is 65.4 Å². The summed E-state index contributed by atoms with van der Waals surface area (Å²) in [5.41, 5.74) is 7.48. The molecule has 1 aliphatic heterocycles. The lowest BCUT2D eigenvalue weighted by Gasteiger charge is -2.36. The van der Waals surface area contributed by atoms with Gasteiger partial charge in [0.15, 0.2) is 0 Å². The molecule has 1 fully saturated rings. The summed E-state index contributed by atoms with van der Waals surface area (Å²) < 4.78 is 5.44. The van der Waals surface area contributed by atoms with E-state index in [9.17, 15) is 9.59 Å². The first-order chi connectivity index (χ1) is 11.8. The number of carbonyl (C=O) groups is 2. The van der Waals surface area contributed by atoms with E-state index in [4.69, 9.17) is 10.5 Å². The highest BCUT2D eigenvalue weighted by molar-refractivity contribution is 7.17. The van der Waals surface area contributed by atoms with Gasteiger partial charge in [0, 0.05) is 11.5 Å². The van der Waals surface area contributed by atoms with Gasteiger partial charge in [0.1, 0.15) is 11.1 Å². The Morgan fingerprint density at radius 1 is 1.36 bits per heavy atom. The summed E-state index contributed by atoms with van der Waals surface area (Å²) in [6.45, 7) is 7.47. The third-order valence-electron chi connectivity index (χ3n) is 5.99. The van der Waals surface area contributed by atoms with Crippen LogP contribution in [-0.4, -0.2) is 24.5 Å². The van der Waals surface area contributed by atoms with Gasteiger partial charge in [-0.2, -0.15) is 0 Å². The van der Waals surface area contributed by atoms with Crippen LogP contribution in [0.1, 0.15) is 67.3 Å². The monoisotopic (exact) mass is 364 g/mol. The fraction of sp³-hybridized carbons (Fsp3) is 0.684. The van der Waals surface area contributed by atoms with Gasteiger partial charge in [0.05, 0.1) is 5.56 Å². The topological polar surface area (TPSA) is 81.4 Å². The van der Waals surface area contributed by atoms with Crippen LogP contribution < -0.4 is 11.1 Å². The van der Waals surface area contributed by atoms with Crippen LogP contribution in [0.3, 0.4) is 0 Å². The first-order valence-corrected chi connectivity index (χ1v) is 10.0. The van der Waals surface area contributed by atoms with E-state index >= 15 is 0 Å². The van der Waals surface area contributed by atoms with Gasteiger partial charge < -0.3 is 15.8 Å². The lowest BCUT2D eigenvalue weighted by atomic mass is 9.69. The van der Waals surface area contributed by atoms with Gasteiger partial charge in [-0.25, -0.2) is 0 Å². The molecule has 0 spiro atoms. The summed E-state index contributed by atoms with van der Waals surface area (Å²) in [5, 5.41) is 3.52. The molecule has 138 valence electrons. The maximum absolute atomic E-state index is 12.4. The molecule has 2 aliphatic rings. The SMILES string of the molecule is CCC(C)(C)[C@@H]1CCc2c(sc(NC(=O)[C@H]3CCCO3)c2C(N)=O)C1. The number of nitrogens with one attached hydrogen (secondary N) is 1. The number of ether oxygens (including phenoxy) is 1. The summed E-state index contributed by atoms with van der Waals surface area (Å²) in [6.07, 6.45) is 5.22. The van der Waals surface area contributed by atoms with Gasteiger partial charge in [-0.15, -0.1) is 11.3 Å². The summed E-state index contributed by atoms with van der Waals surface area (Å²) in [6, 6.07) is 0.